The average Bonchev–Trinajstić information content (AvgIpc) is 2.38. The lowest BCUT2D eigenvalue weighted by molar-refractivity contribution is -0.119. The number of methoxy groups -OCH3 is 1. The highest BCUT2D eigenvalue weighted by Gasteiger charge is 2.16. The highest BCUT2D eigenvalue weighted by molar-refractivity contribution is 5.80. The predicted molar refractivity (Wildman–Crippen MR) is 72.9 cm³/mol. The minimum Gasteiger partial charge on any atom is -0.497 e. The molecule has 0 bridgehead atoms. The minimum absolute atomic E-state index is 0.336. The van der Waals surface area contributed by atoms with Gasteiger partial charge in [-0.25, -0.2) is 0 Å². The van der Waals surface area contributed by atoms with Crippen LogP contribution in [-0.2, 0) is 4.79 Å². The maximum atomic E-state index is 11.3. The van der Waals surface area contributed by atoms with Crippen molar-refractivity contribution in [3.8, 4) is 5.75 Å². The zero-order valence-electron chi connectivity index (χ0n) is 11.1. The van der Waals surface area contributed by atoms with Gasteiger partial charge in [0.25, 0.3) is 0 Å². The second kappa shape index (κ2) is 6.86. The molecule has 0 aliphatic rings. The lowest BCUT2D eigenvalue weighted by atomic mass is 10.2. The molecular formula is C13H21N3O2. The first kappa shape index (κ1) is 14.3. The SMILES string of the molecule is CCNC(CN(C)c1ccc(OC)cc1)C(N)=O. The molecule has 0 spiro atoms. The quantitative estimate of drug-likeness (QED) is 0.744. The fraction of sp³-hybridized carbons (Fsp3) is 0.462. The Balaban J connectivity index is 2.67. The van der Waals surface area contributed by atoms with Crippen molar-refractivity contribution in [2.45, 2.75) is 13.0 Å². The molecule has 3 N–H and O–H groups in total. The predicted octanol–water partition coefficient (Wildman–Crippen LogP) is 0.595. The Morgan fingerprint density at radius 2 is 2.06 bits per heavy atom. The summed E-state index contributed by atoms with van der Waals surface area (Å²) >= 11 is 0. The van der Waals surface area contributed by atoms with Crippen molar-refractivity contribution in [1.29, 1.82) is 0 Å². The van der Waals surface area contributed by atoms with Crippen molar-refractivity contribution >= 4 is 11.6 Å². The second-order valence-electron chi connectivity index (χ2n) is 4.09. The number of carbonyl (C=O) groups excluding carboxylic acids is 1. The van der Waals surface area contributed by atoms with Crippen molar-refractivity contribution < 1.29 is 9.53 Å². The first-order chi connectivity index (χ1) is 8.58. The van der Waals surface area contributed by atoms with Crippen LogP contribution in [0.4, 0.5) is 5.69 Å². The van der Waals surface area contributed by atoms with E-state index in [-0.39, 0.29) is 11.9 Å². The number of hydrogen-bond acceptors (Lipinski definition) is 4. The number of benzene rings is 1. The smallest absolute Gasteiger partial charge is 0.236 e. The third kappa shape index (κ3) is 3.92. The van der Waals surface area contributed by atoms with E-state index in [1.165, 1.54) is 0 Å². The van der Waals surface area contributed by atoms with Gasteiger partial charge in [-0.15, -0.1) is 0 Å². The summed E-state index contributed by atoms with van der Waals surface area (Å²) in [7, 11) is 3.56. The summed E-state index contributed by atoms with van der Waals surface area (Å²) in [4.78, 5) is 13.3. The van der Waals surface area contributed by atoms with Crippen molar-refractivity contribution in [2.75, 3.05) is 32.1 Å². The lowest BCUT2D eigenvalue weighted by Crippen LogP contribution is -2.48. The number of anilines is 1. The Labute approximate surface area is 108 Å². The van der Waals surface area contributed by atoms with E-state index in [9.17, 15) is 4.79 Å². The number of ether oxygens (including phenoxy) is 1. The molecule has 5 nitrogen and oxygen atoms in total. The molecule has 0 radical (unpaired) electrons. The van der Waals surface area contributed by atoms with Crippen LogP contribution in [0.2, 0.25) is 0 Å². The van der Waals surface area contributed by atoms with Crippen molar-refractivity contribution in [2.24, 2.45) is 5.73 Å². The summed E-state index contributed by atoms with van der Waals surface area (Å²) in [6, 6.07) is 7.32. The fourth-order valence-corrected chi connectivity index (χ4v) is 1.72. The largest absolute Gasteiger partial charge is 0.497 e. The molecular weight excluding hydrogens is 230 g/mol. The molecule has 0 saturated heterocycles. The standard InChI is InChI=1S/C13H21N3O2/c1-4-15-12(13(14)17)9-16(2)10-5-7-11(18-3)8-6-10/h5-8,12,15H,4,9H2,1-3H3,(H2,14,17). The normalized spacial score (nSPS) is 11.9. The fourth-order valence-electron chi connectivity index (χ4n) is 1.72. The molecule has 1 aromatic rings. The maximum absolute atomic E-state index is 11.3. The number of primary amides is 1. The minimum atomic E-state index is -0.345. The van der Waals surface area contributed by atoms with E-state index in [4.69, 9.17) is 10.5 Å². The van der Waals surface area contributed by atoms with Crippen LogP contribution in [-0.4, -0.2) is 39.2 Å². The molecule has 18 heavy (non-hydrogen) atoms. The molecule has 0 aliphatic carbocycles. The van der Waals surface area contributed by atoms with E-state index in [0.717, 1.165) is 11.4 Å². The first-order valence-electron chi connectivity index (χ1n) is 5.96. The Hall–Kier alpha value is -1.75. The van der Waals surface area contributed by atoms with Crippen LogP contribution in [0.15, 0.2) is 24.3 Å². The third-order valence-electron chi connectivity index (χ3n) is 2.76. The van der Waals surface area contributed by atoms with Gasteiger partial charge in [0.05, 0.1) is 7.11 Å². The van der Waals surface area contributed by atoms with Gasteiger partial charge in [0, 0.05) is 19.3 Å². The van der Waals surface area contributed by atoms with Crippen LogP contribution in [0, 0.1) is 0 Å². The zero-order valence-corrected chi connectivity index (χ0v) is 11.1. The van der Waals surface area contributed by atoms with E-state index in [2.05, 4.69) is 5.32 Å². The topological polar surface area (TPSA) is 67.6 Å². The van der Waals surface area contributed by atoms with Crippen molar-refractivity contribution in [3.63, 3.8) is 0 Å². The van der Waals surface area contributed by atoms with E-state index >= 15 is 0 Å². The van der Waals surface area contributed by atoms with E-state index in [0.29, 0.717) is 13.1 Å². The number of nitrogens with one attached hydrogen (secondary N) is 1. The third-order valence-corrected chi connectivity index (χ3v) is 2.76. The lowest BCUT2D eigenvalue weighted by Gasteiger charge is -2.24. The average molecular weight is 251 g/mol. The van der Waals surface area contributed by atoms with Gasteiger partial charge in [-0.1, -0.05) is 6.92 Å². The number of rotatable bonds is 7. The van der Waals surface area contributed by atoms with Gasteiger partial charge in [0.1, 0.15) is 11.8 Å². The Morgan fingerprint density at radius 1 is 1.44 bits per heavy atom. The number of likely N-dealkylation sites (N-methyl/N-ethyl adjacent to an activating group) is 2. The van der Waals surface area contributed by atoms with Gasteiger partial charge in [0.15, 0.2) is 0 Å². The van der Waals surface area contributed by atoms with E-state index in [1.54, 1.807) is 7.11 Å². The molecule has 1 amide bonds. The van der Waals surface area contributed by atoms with E-state index < -0.39 is 0 Å². The highest BCUT2D eigenvalue weighted by atomic mass is 16.5. The first-order valence-corrected chi connectivity index (χ1v) is 5.96. The van der Waals surface area contributed by atoms with Gasteiger partial charge in [-0.05, 0) is 30.8 Å². The molecule has 5 heteroatoms. The van der Waals surface area contributed by atoms with E-state index in [1.807, 2.05) is 43.1 Å². The number of amides is 1. The molecule has 0 fully saturated rings. The summed E-state index contributed by atoms with van der Waals surface area (Å²) in [5.74, 6) is 0.475. The monoisotopic (exact) mass is 251 g/mol. The number of nitrogens with zero attached hydrogens (tertiary/aromatic N) is 1. The summed E-state index contributed by atoms with van der Waals surface area (Å²) in [6.07, 6.45) is 0. The van der Waals surface area contributed by atoms with Crippen LogP contribution in [0.25, 0.3) is 0 Å². The van der Waals surface area contributed by atoms with Crippen molar-refractivity contribution in [1.82, 2.24) is 5.32 Å². The number of carbonyl (C=O) groups is 1. The molecule has 100 valence electrons. The molecule has 0 aliphatic heterocycles. The summed E-state index contributed by atoms with van der Waals surface area (Å²) < 4.78 is 5.10. The van der Waals surface area contributed by atoms with Gasteiger partial charge in [0.2, 0.25) is 5.91 Å². The maximum Gasteiger partial charge on any atom is 0.236 e. The van der Waals surface area contributed by atoms with Gasteiger partial charge in [-0.2, -0.15) is 0 Å². The molecule has 1 unspecified atom stereocenters. The Morgan fingerprint density at radius 3 is 2.50 bits per heavy atom. The molecule has 1 rings (SSSR count). The Bertz CT molecular complexity index is 378. The highest BCUT2D eigenvalue weighted by Crippen LogP contribution is 2.18. The van der Waals surface area contributed by atoms with Gasteiger partial charge >= 0.3 is 0 Å². The van der Waals surface area contributed by atoms with Gasteiger partial charge in [-0.3, -0.25) is 4.79 Å². The summed E-state index contributed by atoms with van der Waals surface area (Å²) in [5.41, 5.74) is 6.36. The van der Waals surface area contributed by atoms with Crippen LogP contribution in [0.3, 0.4) is 0 Å². The number of hydrogen-bond donors (Lipinski definition) is 2. The molecule has 0 saturated carbocycles. The van der Waals surface area contributed by atoms with Crippen LogP contribution in [0.5, 0.6) is 5.75 Å². The zero-order chi connectivity index (χ0) is 13.5. The van der Waals surface area contributed by atoms with Gasteiger partial charge < -0.3 is 20.7 Å². The number of nitrogens with two attached hydrogens (primary N) is 1. The Kier molecular flexibility index (Phi) is 5.45. The molecule has 1 aromatic carbocycles. The van der Waals surface area contributed by atoms with Crippen LogP contribution < -0.4 is 20.7 Å². The second-order valence-corrected chi connectivity index (χ2v) is 4.09. The van der Waals surface area contributed by atoms with Crippen molar-refractivity contribution in [3.05, 3.63) is 24.3 Å². The van der Waals surface area contributed by atoms with Crippen LogP contribution >= 0.6 is 0 Å². The summed E-state index contributed by atoms with van der Waals surface area (Å²) in [5, 5.41) is 3.06. The molecule has 1 atom stereocenters. The molecule has 0 heterocycles. The summed E-state index contributed by atoms with van der Waals surface area (Å²) in [6.45, 7) is 3.20. The van der Waals surface area contributed by atoms with Crippen LogP contribution in [0.1, 0.15) is 6.92 Å². The molecule has 0 aromatic heterocycles.